The Balaban J connectivity index is 0.00000280. The molecule has 3 unspecified atom stereocenters. The molecule has 3 rings (SSSR count). The second-order valence-corrected chi connectivity index (χ2v) is 9.01. The minimum Gasteiger partial charge on any atom is -0.480 e. The predicted molar refractivity (Wildman–Crippen MR) is 107 cm³/mol. The number of carbonyl (C=O) groups is 2. The Bertz CT molecular complexity index is 861. The van der Waals surface area contributed by atoms with Gasteiger partial charge >= 0.3 is 5.97 Å². The van der Waals surface area contributed by atoms with E-state index in [-0.39, 0.29) is 35.8 Å². The molecule has 8 nitrogen and oxygen atoms in total. The SMILES string of the molecule is Cc1ccc(S(N)(=O)=O)cc1NC(=O)CN1C(C(=O)O)CC2CCCCC21.Cl. The molecular formula is C18H26ClN3O5S. The maximum atomic E-state index is 12.6. The highest BCUT2D eigenvalue weighted by molar-refractivity contribution is 7.89. The number of aryl methyl sites for hydroxylation is 1. The summed E-state index contributed by atoms with van der Waals surface area (Å²) in [5, 5.41) is 17.4. The molecule has 0 aromatic heterocycles. The van der Waals surface area contributed by atoms with Gasteiger partial charge in [-0.25, -0.2) is 13.6 Å². The Labute approximate surface area is 170 Å². The zero-order chi connectivity index (χ0) is 19.8. The Morgan fingerprint density at radius 3 is 2.61 bits per heavy atom. The summed E-state index contributed by atoms with van der Waals surface area (Å²) in [4.78, 5) is 26.0. The molecule has 0 spiro atoms. The Hall–Kier alpha value is -1.68. The third kappa shape index (κ3) is 4.83. The van der Waals surface area contributed by atoms with Crippen molar-refractivity contribution in [1.29, 1.82) is 0 Å². The number of sulfonamides is 1. The van der Waals surface area contributed by atoms with Crippen LogP contribution in [0, 0.1) is 12.8 Å². The molecule has 1 amide bonds. The molecule has 28 heavy (non-hydrogen) atoms. The predicted octanol–water partition coefficient (Wildman–Crippen LogP) is 1.72. The zero-order valence-electron chi connectivity index (χ0n) is 15.6. The van der Waals surface area contributed by atoms with Gasteiger partial charge in [0.05, 0.1) is 11.4 Å². The van der Waals surface area contributed by atoms with Crippen LogP contribution in [0.1, 0.15) is 37.7 Å². The molecule has 1 aromatic rings. The normalized spacial score (nSPS) is 24.9. The van der Waals surface area contributed by atoms with Crippen LogP contribution in [0.2, 0.25) is 0 Å². The number of aliphatic carboxylic acids is 1. The van der Waals surface area contributed by atoms with E-state index in [4.69, 9.17) is 5.14 Å². The number of benzene rings is 1. The zero-order valence-corrected chi connectivity index (χ0v) is 17.3. The smallest absolute Gasteiger partial charge is 0.320 e. The van der Waals surface area contributed by atoms with Crippen molar-refractivity contribution in [3.8, 4) is 0 Å². The van der Waals surface area contributed by atoms with Crippen molar-refractivity contribution >= 4 is 40.0 Å². The van der Waals surface area contributed by atoms with Crippen LogP contribution < -0.4 is 10.5 Å². The number of carboxylic acid groups (broad SMARTS) is 1. The largest absolute Gasteiger partial charge is 0.480 e. The lowest BCUT2D eigenvalue weighted by Crippen LogP contribution is -2.46. The fourth-order valence-electron chi connectivity index (χ4n) is 4.29. The number of primary sulfonamides is 1. The van der Waals surface area contributed by atoms with Crippen molar-refractivity contribution in [2.45, 2.75) is 56.0 Å². The quantitative estimate of drug-likeness (QED) is 0.650. The molecule has 2 aliphatic rings. The summed E-state index contributed by atoms with van der Waals surface area (Å²) in [5.41, 5.74) is 1.06. The van der Waals surface area contributed by atoms with E-state index in [2.05, 4.69) is 5.32 Å². The van der Waals surface area contributed by atoms with Gasteiger partial charge in [-0.1, -0.05) is 18.9 Å². The summed E-state index contributed by atoms with van der Waals surface area (Å²) >= 11 is 0. The molecule has 0 bridgehead atoms. The van der Waals surface area contributed by atoms with E-state index in [0.29, 0.717) is 23.6 Å². The molecule has 0 radical (unpaired) electrons. The van der Waals surface area contributed by atoms with Gasteiger partial charge in [-0.3, -0.25) is 14.5 Å². The number of carboxylic acids is 1. The number of amides is 1. The minimum atomic E-state index is -3.88. The first-order valence-corrected chi connectivity index (χ1v) is 10.6. The molecule has 2 fully saturated rings. The number of anilines is 1. The number of fused-ring (bicyclic) bond motifs is 1. The molecule has 1 aliphatic carbocycles. The molecule has 1 heterocycles. The number of nitrogens with zero attached hydrogens (tertiary/aromatic N) is 1. The molecule has 1 aliphatic heterocycles. The van der Waals surface area contributed by atoms with E-state index >= 15 is 0 Å². The summed E-state index contributed by atoms with van der Waals surface area (Å²) in [6.07, 6.45) is 4.63. The number of rotatable bonds is 5. The minimum absolute atomic E-state index is 0. The highest BCUT2D eigenvalue weighted by Gasteiger charge is 2.45. The molecule has 1 saturated carbocycles. The van der Waals surface area contributed by atoms with Crippen LogP contribution in [0.4, 0.5) is 5.69 Å². The summed E-state index contributed by atoms with van der Waals surface area (Å²) in [6, 6.07) is 3.74. The number of halogens is 1. The van der Waals surface area contributed by atoms with Crippen LogP contribution in [0.3, 0.4) is 0 Å². The first kappa shape index (κ1) is 22.6. The topological polar surface area (TPSA) is 130 Å². The fourth-order valence-corrected chi connectivity index (χ4v) is 4.83. The van der Waals surface area contributed by atoms with E-state index in [1.54, 1.807) is 17.9 Å². The van der Waals surface area contributed by atoms with Gasteiger partial charge in [0.1, 0.15) is 6.04 Å². The van der Waals surface area contributed by atoms with Gasteiger partial charge in [0, 0.05) is 11.7 Å². The maximum absolute atomic E-state index is 12.6. The highest BCUT2D eigenvalue weighted by atomic mass is 35.5. The van der Waals surface area contributed by atoms with Gasteiger partial charge < -0.3 is 10.4 Å². The highest BCUT2D eigenvalue weighted by Crippen LogP contribution is 2.39. The van der Waals surface area contributed by atoms with Crippen LogP contribution in [0.25, 0.3) is 0 Å². The average molecular weight is 432 g/mol. The molecule has 1 saturated heterocycles. The number of carbonyl (C=O) groups excluding carboxylic acids is 1. The molecule has 10 heteroatoms. The summed E-state index contributed by atoms with van der Waals surface area (Å²) in [6.45, 7) is 1.72. The standard InChI is InChI=1S/C18H25N3O5S.ClH/c1-11-6-7-13(27(19,25)26)9-14(11)20-17(22)10-21-15-5-3-2-4-12(15)8-16(21)18(23)24;/h6-7,9,12,15-16H,2-5,8,10H2,1H3,(H,20,22)(H,23,24)(H2,19,25,26);1H. The molecule has 156 valence electrons. The monoisotopic (exact) mass is 431 g/mol. The van der Waals surface area contributed by atoms with Gasteiger partial charge in [-0.05, 0) is 49.8 Å². The van der Waals surface area contributed by atoms with Crippen LogP contribution in [0.5, 0.6) is 0 Å². The van der Waals surface area contributed by atoms with Crippen molar-refractivity contribution in [1.82, 2.24) is 4.90 Å². The second-order valence-electron chi connectivity index (χ2n) is 7.44. The van der Waals surface area contributed by atoms with Crippen LogP contribution in [-0.2, 0) is 19.6 Å². The second kappa shape index (κ2) is 8.77. The Morgan fingerprint density at radius 2 is 1.96 bits per heavy atom. The fraction of sp³-hybridized carbons (Fsp3) is 0.556. The van der Waals surface area contributed by atoms with Gasteiger partial charge in [-0.2, -0.15) is 0 Å². The first-order chi connectivity index (χ1) is 12.7. The number of nitrogens with two attached hydrogens (primary N) is 1. The number of nitrogens with one attached hydrogen (secondary N) is 1. The summed E-state index contributed by atoms with van der Waals surface area (Å²) in [7, 11) is -3.88. The number of likely N-dealkylation sites (tertiary alicyclic amines) is 1. The lowest BCUT2D eigenvalue weighted by atomic mass is 9.85. The number of hydrogen-bond acceptors (Lipinski definition) is 5. The third-order valence-electron chi connectivity index (χ3n) is 5.64. The van der Waals surface area contributed by atoms with E-state index in [0.717, 1.165) is 25.7 Å². The van der Waals surface area contributed by atoms with E-state index in [1.165, 1.54) is 12.1 Å². The van der Waals surface area contributed by atoms with Crippen molar-refractivity contribution in [3.63, 3.8) is 0 Å². The Morgan fingerprint density at radius 1 is 1.29 bits per heavy atom. The van der Waals surface area contributed by atoms with Crippen molar-refractivity contribution in [2.24, 2.45) is 11.1 Å². The Kier molecular flexibility index (Phi) is 7.08. The van der Waals surface area contributed by atoms with Gasteiger partial charge in [0.2, 0.25) is 15.9 Å². The van der Waals surface area contributed by atoms with E-state index in [1.807, 2.05) is 0 Å². The summed E-state index contributed by atoms with van der Waals surface area (Å²) < 4.78 is 23.1. The first-order valence-electron chi connectivity index (χ1n) is 9.08. The molecule has 4 N–H and O–H groups in total. The van der Waals surface area contributed by atoms with Crippen LogP contribution in [0.15, 0.2) is 23.1 Å². The molecule has 1 aromatic carbocycles. The van der Waals surface area contributed by atoms with Gasteiger partial charge in [0.15, 0.2) is 0 Å². The molecule has 3 atom stereocenters. The van der Waals surface area contributed by atoms with Gasteiger partial charge in [0.25, 0.3) is 0 Å². The van der Waals surface area contributed by atoms with E-state index < -0.39 is 22.0 Å². The molecular weight excluding hydrogens is 406 g/mol. The van der Waals surface area contributed by atoms with Crippen molar-refractivity contribution < 1.29 is 23.1 Å². The number of hydrogen-bond donors (Lipinski definition) is 3. The lowest BCUT2D eigenvalue weighted by Gasteiger charge is -2.32. The lowest BCUT2D eigenvalue weighted by molar-refractivity contribution is -0.143. The van der Waals surface area contributed by atoms with E-state index in [9.17, 15) is 23.1 Å². The van der Waals surface area contributed by atoms with Crippen LogP contribution in [-0.4, -0.2) is 48.9 Å². The van der Waals surface area contributed by atoms with Crippen molar-refractivity contribution in [2.75, 3.05) is 11.9 Å². The van der Waals surface area contributed by atoms with Gasteiger partial charge in [-0.15, -0.1) is 12.4 Å². The van der Waals surface area contributed by atoms with Crippen LogP contribution >= 0.6 is 12.4 Å². The maximum Gasteiger partial charge on any atom is 0.320 e. The summed E-state index contributed by atoms with van der Waals surface area (Å²) in [5.74, 6) is -0.938. The third-order valence-corrected chi connectivity index (χ3v) is 6.56. The average Bonchev–Trinajstić information content (AvgIpc) is 2.95. The van der Waals surface area contributed by atoms with Crippen molar-refractivity contribution in [3.05, 3.63) is 23.8 Å².